The van der Waals surface area contributed by atoms with Crippen molar-refractivity contribution < 1.29 is 14.3 Å². The zero-order valence-corrected chi connectivity index (χ0v) is 13.0. The maximum Gasteiger partial charge on any atom is 0.314 e. The molecule has 2 aromatic carbocycles. The molecular formula is C15H12Cl2N2O3. The normalized spacial score (nSPS) is 9.95. The second-order valence-electron chi connectivity index (χ2n) is 4.24. The molecule has 22 heavy (non-hydrogen) atoms. The number of hydrogen-bond acceptors (Lipinski definition) is 3. The second-order valence-corrected chi connectivity index (χ2v) is 5.05. The van der Waals surface area contributed by atoms with Crippen molar-refractivity contribution in [2.75, 3.05) is 17.7 Å². The molecule has 0 aliphatic carbocycles. The summed E-state index contributed by atoms with van der Waals surface area (Å²) in [6, 6.07) is 11.4. The lowest BCUT2D eigenvalue weighted by molar-refractivity contribution is -0.132. The Kier molecular flexibility index (Phi) is 5.25. The number of ether oxygens (including phenoxy) is 1. The highest BCUT2D eigenvalue weighted by molar-refractivity contribution is 6.46. The van der Waals surface area contributed by atoms with Crippen LogP contribution in [0.3, 0.4) is 0 Å². The number of para-hydroxylation sites is 1. The van der Waals surface area contributed by atoms with Crippen LogP contribution in [0.25, 0.3) is 0 Å². The van der Waals surface area contributed by atoms with Gasteiger partial charge in [-0.15, -0.1) is 0 Å². The number of carbonyl (C=O) groups excluding carboxylic acids is 2. The first kappa shape index (κ1) is 16.1. The standard InChI is InChI=1S/C15H12Cl2N2O3/c1-22-10-5-2-4-9(8-10)18-14(20)15(21)19-13-11(16)6-3-7-12(13)17/h2-8H,1H3,(H,18,20)(H,19,21). The monoisotopic (exact) mass is 338 g/mol. The summed E-state index contributed by atoms with van der Waals surface area (Å²) in [4.78, 5) is 23.8. The molecule has 0 aliphatic heterocycles. The summed E-state index contributed by atoms with van der Waals surface area (Å²) in [5.74, 6) is -1.16. The van der Waals surface area contributed by atoms with Gasteiger partial charge in [-0.05, 0) is 24.3 Å². The Hall–Kier alpha value is -2.24. The van der Waals surface area contributed by atoms with Crippen LogP contribution < -0.4 is 15.4 Å². The van der Waals surface area contributed by atoms with Crippen LogP contribution in [-0.4, -0.2) is 18.9 Å². The van der Waals surface area contributed by atoms with Gasteiger partial charge in [0.2, 0.25) is 0 Å². The molecule has 0 aliphatic rings. The molecule has 0 aromatic heterocycles. The van der Waals surface area contributed by atoms with Gasteiger partial charge < -0.3 is 15.4 Å². The van der Waals surface area contributed by atoms with Crippen molar-refractivity contribution in [3.63, 3.8) is 0 Å². The molecule has 0 spiro atoms. The summed E-state index contributed by atoms with van der Waals surface area (Å²) < 4.78 is 5.04. The Morgan fingerprint density at radius 1 is 0.955 bits per heavy atom. The Bertz CT molecular complexity index is 699. The minimum absolute atomic E-state index is 0.191. The minimum atomic E-state index is -0.877. The lowest BCUT2D eigenvalue weighted by Gasteiger charge is -2.10. The average Bonchev–Trinajstić information content (AvgIpc) is 2.51. The molecule has 0 heterocycles. The van der Waals surface area contributed by atoms with Crippen molar-refractivity contribution in [2.24, 2.45) is 0 Å². The van der Waals surface area contributed by atoms with Crippen LogP contribution in [0.2, 0.25) is 10.0 Å². The maximum absolute atomic E-state index is 11.9. The molecule has 0 atom stereocenters. The largest absolute Gasteiger partial charge is 0.497 e. The molecule has 2 rings (SSSR count). The molecule has 114 valence electrons. The van der Waals surface area contributed by atoms with Gasteiger partial charge in [-0.2, -0.15) is 0 Å². The Morgan fingerprint density at radius 2 is 1.55 bits per heavy atom. The van der Waals surface area contributed by atoms with Gasteiger partial charge in [0.05, 0.1) is 22.8 Å². The van der Waals surface area contributed by atoms with Crippen LogP contribution in [0.1, 0.15) is 0 Å². The van der Waals surface area contributed by atoms with E-state index in [2.05, 4.69) is 10.6 Å². The van der Waals surface area contributed by atoms with Gasteiger partial charge in [0.1, 0.15) is 5.75 Å². The smallest absolute Gasteiger partial charge is 0.314 e. The van der Waals surface area contributed by atoms with E-state index in [9.17, 15) is 9.59 Å². The van der Waals surface area contributed by atoms with Gasteiger partial charge in [-0.25, -0.2) is 0 Å². The number of carbonyl (C=O) groups is 2. The van der Waals surface area contributed by atoms with Crippen LogP contribution in [0.15, 0.2) is 42.5 Å². The molecule has 0 bridgehead atoms. The molecule has 2 aromatic rings. The van der Waals surface area contributed by atoms with E-state index < -0.39 is 11.8 Å². The summed E-state index contributed by atoms with van der Waals surface area (Å²) in [6.45, 7) is 0. The molecule has 0 radical (unpaired) electrons. The number of benzene rings is 2. The van der Waals surface area contributed by atoms with Crippen molar-refractivity contribution in [3.05, 3.63) is 52.5 Å². The predicted molar refractivity (Wildman–Crippen MR) is 86.7 cm³/mol. The van der Waals surface area contributed by atoms with E-state index in [-0.39, 0.29) is 15.7 Å². The maximum atomic E-state index is 11.9. The van der Waals surface area contributed by atoms with Gasteiger partial charge >= 0.3 is 11.8 Å². The van der Waals surface area contributed by atoms with Crippen molar-refractivity contribution in [2.45, 2.75) is 0 Å². The fourth-order valence-corrected chi connectivity index (χ4v) is 2.17. The van der Waals surface area contributed by atoms with E-state index in [1.807, 2.05) is 0 Å². The molecule has 5 nitrogen and oxygen atoms in total. The third-order valence-electron chi connectivity index (χ3n) is 2.74. The quantitative estimate of drug-likeness (QED) is 0.840. The third kappa shape index (κ3) is 3.90. The zero-order chi connectivity index (χ0) is 16.1. The van der Waals surface area contributed by atoms with E-state index in [0.717, 1.165) is 0 Å². The first-order valence-electron chi connectivity index (χ1n) is 6.21. The van der Waals surface area contributed by atoms with Gasteiger partial charge in [0.25, 0.3) is 0 Å². The van der Waals surface area contributed by atoms with Gasteiger partial charge in [0, 0.05) is 11.8 Å². The minimum Gasteiger partial charge on any atom is -0.497 e. The molecule has 0 saturated heterocycles. The van der Waals surface area contributed by atoms with Crippen molar-refractivity contribution in [1.82, 2.24) is 0 Å². The van der Waals surface area contributed by atoms with Crippen LogP contribution in [0.4, 0.5) is 11.4 Å². The number of methoxy groups -OCH3 is 1. The van der Waals surface area contributed by atoms with Crippen LogP contribution >= 0.6 is 23.2 Å². The molecule has 2 N–H and O–H groups in total. The average molecular weight is 339 g/mol. The van der Waals surface area contributed by atoms with E-state index in [4.69, 9.17) is 27.9 Å². The first-order chi connectivity index (χ1) is 10.5. The van der Waals surface area contributed by atoms with Crippen molar-refractivity contribution in [1.29, 1.82) is 0 Å². The molecule has 7 heteroatoms. The predicted octanol–water partition coefficient (Wildman–Crippen LogP) is 3.58. The fourth-order valence-electron chi connectivity index (χ4n) is 1.68. The molecule has 0 fully saturated rings. The topological polar surface area (TPSA) is 67.4 Å². The molecule has 0 unspecified atom stereocenters. The highest BCUT2D eigenvalue weighted by Crippen LogP contribution is 2.29. The van der Waals surface area contributed by atoms with Gasteiger partial charge in [0.15, 0.2) is 0 Å². The molecule has 2 amide bonds. The van der Waals surface area contributed by atoms with Crippen molar-refractivity contribution >= 4 is 46.4 Å². The summed E-state index contributed by atoms with van der Waals surface area (Å²) in [5, 5.41) is 5.33. The lowest BCUT2D eigenvalue weighted by atomic mass is 10.3. The van der Waals surface area contributed by atoms with Crippen LogP contribution in [-0.2, 0) is 9.59 Å². The summed E-state index contributed by atoms with van der Waals surface area (Å²) >= 11 is 11.9. The Labute approximate surface area is 137 Å². The molecule has 0 saturated carbocycles. The first-order valence-corrected chi connectivity index (χ1v) is 6.97. The highest BCUT2D eigenvalue weighted by Gasteiger charge is 2.17. The summed E-state index contributed by atoms with van der Waals surface area (Å²) in [5.41, 5.74) is 0.626. The number of hydrogen-bond donors (Lipinski definition) is 2. The number of anilines is 2. The zero-order valence-electron chi connectivity index (χ0n) is 11.5. The number of rotatable bonds is 3. The molecular weight excluding hydrogens is 327 g/mol. The summed E-state index contributed by atoms with van der Waals surface area (Å²) in [7, 11) is 1.51. The third-order valence-corrected chi connectivity index (χ3v) is 3.37. The number of nitrogens with one attached hydrogen (secondary N) is 2. The lowest BCUT2D eigenvalue weighted by Crippen LogP contribution is -2.29. The van der Waals surface area contributed by atoms with E-state index in [1.165, 1.54) is 7.11 Å². The highest BCUT2D eigenvalue weighted by atomic mass is 35.5. The Balaban J connectivity index is 2.08. The Morgan fingerprint density at radius 3 is 2.18 bits per heavy atom. The van der Waals surface area contributed by atoms with Gasteiger partial charge in [-0.1, -0.05) is 35.3 Å². The van der Waals surface area contributed by atoms with Crippen molar-refractivity contribution in [3.8, 4) is 5.75 Å². The second kappa shape index (κ2) is 7.15. The summed E-state index contributed by atoms with van der Waals surface area (Å²) in [6.07, 6.45) is 0. The van der Waals surface area contributed by atoms with Crippen LogP contribution in [0, 0.1) is 0 Å². The van der Waals surface area contributed by atoms with E-state index >= 15 is 0 Å². The van der Waals surface area contributed by atoms with E-state index in [0.29, 0.717) is 11.4 Å². The van der Waals surface area contributed by atoms with E-state index in [1.54, 1.807) is 42.5 Å². The van der Waals surface area contributed by atoms with Crippen LogP contribution in [0.5, 0.6) is 5.75 Å². The fraction of sp³-hybridized carbons (Fsp3) is 0.0667. The number of halogens is 2. The van der Waals surface area contributed by atoms with Gasteiger partial charge in [-0.3, -0.25) is 9.59 Å². The number of amides is 2. The SMILES string of the molecule is COc1cccc(NC(=O)C(=O)Nc2c(Cl)cccc2Cl)c1.